The maximum atomic E-state index is 12.8. The number of carbonyl (C=O) groups is 2. The normalized spacial score (nSPS) is 18.6. The minimum atomic E-state index is -0.261. The molecule has 0 unspecified atom stereocenters. The summed E-state index contributed by atoms with van der Waals surface area (Å²) >= 11 is 0. The van der Waals surface area contributed by atoms with Gasteiger partial charge in [0.25, 0.3) is 5.91 Å². The van der Waals surface area contributed by atoms with E-state index in [0.717, 1.165) is 12.8 Å². The second-order valence-corrected chi connectivity index (χ2v) is 7.08. The summed E-state index contributed by atoms with van der Waals surface area (Å²) in [5.74, 6) is 0.458. The van der Waals surface area contributed by atoms with Gasteiger partial charge >= 0.3 is 0 Å². The Labute approximate surface area is 157 Å². The average Bonchev–Trinajstić information content (AvgIpc) is 3.21. The maximum absolute atomic E-state index is 12.8. The molecule has 0 aliphatic carbocycles. The molecule has 1 saturated heterocycles. The summed E-state index contributed by atoms with van der Waals surface area (Å²) < 4.78 is 13.1. The maximum Gasteiger partial charge on any atom is 0.264 e. The number of hydrogen-bond donors (Lipinski definition) is 1. The van der Waals surface area contributed by atoms with Crippen molar-refractivity contribution in [3.05, 3.63) is 42.7 Å². The van der Waals surface area contributed by atoms with Gasteiger partial charge in [0.2, 0.25) is 5.91 Å². The van der Waals surface area contributed by atoms with Crippen molar-refractivity contribution in [1.82, 2.24) is 4.57 Å². The third kappa shape index (κ3) is 3.42. The minimum absolute atomic E-state index is 0.0115. The lowest BCUT2D eigenvalue weighted by Gasteiger charge is -2.38. The number of nitrogens with one attached hydrogen (secondary N) is 1. The van der Waals surface area contributed by atoms with Gasteiger partial charge in [0.15, 0.2) is 6.61 Å². The van der Waals surface area contributed by atoms with Gasteiger partial charge in [0.1, 0.15) is 5.75 Å². The van der Waals surface area contributed by atoms with E-state index in [9.17, 15) is 9.59 Å². The molecule has 1 N–H and O–H groups in total. The second-order valence-electron chi connectivity index (χ2n) is 7.08. The number of likely N-dealkylation sites (N-methyl/N-ethyl adjacent to an activating group) is 1. The van der Waals surface area contributed by atoms with Crippen molar-refractivity contribution in [1.29, 1.82) is 0 Å². The molecule has 7 nitrogen and oxygen atoms in total. The van der Waals surface area contributed by atoms with Gasteiger partial charge < -0.3 is 24.3 Å². The first-order valence-electron chi connectivity index (χ1n) is 9.12. The molecule has 2 aromatic rings. The summed E-state index contributed by atoms with van der Waals surface area (Å²) in [4.78, 5) is 26.1. The molecule has 4 rings (SSSR count). The Morgan fingerprint density at radius 1 is 1.22 bits per heavy atom. The number of ether oxygens (including phenoxy) is 2. The van der Waals surface area contributed by atoms with Crippen molar-refractivity contribution in [2.75, 3.05) is 37.1 Å². The van der Waals surface area contributed by atoms with Crippen molar-refractivity contribution < 1.29 is 19.1 Å². The molecule has 3 heterocycles. The number of rotatable bonds is 4. The van der Waals surface area contributed by atoms with E-state index in [0.29, 0.717) is 36.8 Å². The first kappa shape index (κ1) is 17.6. The molecule has 2 amide bonds. The van der Waals surface area contributed by atoms with E-state index in [2.05, 4.69) is 9.88 Å². The van der Waals surface area contributed by atoms with Gasteiger partial charge in [-0.3, -0.25) is 9.59 Å². The van der Waals surface area contributed by atoms with Gasteiger partial charge in [-0.1, -0.05) is 0 Å². The summed E-state index contributed by atoms with van der Waals surface area (Å²) in [6, 6.07) is 9.31. The van der Waals surface area contributed by atoms with Crippen LogP contribution in [0.4, 0.5) is 11.4 Å². The van der Waals surface area contributed by atoms with Crippen LogP contribution in [0, 0.1) is 0 Å². The lowest BCUT2D eigenvalue weighted by Crippen LogP contribution is -2.42. The molecular formula is C20H23N3O4. The van der Waals surface area contributed by atoms with Crippen LogP contribution in [0.15, 0.2) is 42.7 Å². The molecule has 1 fully saturated rings. The molecule has 0 radical (unpaired) electrons. The Bertz CT molecular complexity index is 841. The van der Waals surface area contributed by atoms with Gasteiger partial charge in [0, 0.05) is 44.4 Å². The SMILES string of the molecule is CN1C(=O)COc2cc(NC(=O)CC3(n4cccc4)CCOCC3)ccc21. The van der Waals surface area contributed by atoms with E-state index in [-0.39, 0.29) is 24.0 Å². The fourth-order valence-corrected chi connectivity index (χ4v) is 3.79. The summed E-state index contributed by atoms with van der Waals surface area (Å²) in [6.45, 7) is 1.31. The van der Waals surface area contributed by atoms with Crippen molar-refractivity contribution in [2.24, 2.45) is 0 Å². The summed E-state index contributed by atoms with van der Waals surface area (Å²) in [7, 11) is 1.72. The molecule has 1 aromatic carbocycles. The summed E-state index contributed by atoms with van der Waals surface area (Å²) in [5, 5.41) is 2.98. The lowest BCUT2D eigenvalue weighted by atomic mass is 9.86. The number of benzene rings is 1. The third-order valence-electron chi connectivity index (χ3n) is 5.40. The van der Waals surface area contributed by atoms with Crippen LogP contribution < -0.4 is 15.0 Å². The van der Waals surface area contributed by atoms with Crippen LogP contribution in [0.25, 0.3) is 0 Å². The molecule has 2 aliphatic heterocycles. The fourth-order valence-electron chi connectivity index (χ4n) is 3.79. The highest BCUT2D eigenvalue weighted by Gasteiger charge is 2.36. The van der Waals surface area contributed by atoms with Gasteiger partial charge in [-0.15, -0.1) is 0 Å². The molecule has 0 bridgehead atoms. The minimum Gasteiger partial charge on any atom is -0.481 e. The lowest BCUT2D eigenvalue weighted by molar-refractivity contribution is -0.121. The Morgan fingerprint density at radius 3 is 2.70 bits per heavy atom. The zero-order chi connectivity index (χ0) is 18.9. The second kappa shape index (κ2) is 7.08. The summed E-state index contributed by atoms with van der Waals surface area (Å²) in [5.41, 5.74) is 1.11. The largest absolute Gasteiger partial charge is 0.481 e. The Balaban J connectivity index is 1.50. The zero-order valence-electron chi connectivity index (χ0n) is 15.3. The molecule has 1 aromatic heterocycles. The van der Waals surface area contributed by atoms with Crippen molar-refractivity contribution in [3.63, 3.8) is 0 Å². The van der Waals surface area contributed by atoms with Crippen LogP contribution in [0.5, 0.6) is 5.75 Å². The van der Waals surface area contributed by atoms with E-state index < -0.39 is 0 Å². The molecule has 2 aliphatic rings. The van der Waals surface area contributed by atoms with Crippen LogP contribution in [0.2, 0.25) is 0 Å². The monoisotopic (exact) mass is 369 g/mol. The molecule has 0 spiro atoms. The van der Waals surface area contributed by atoms with Crippen LogP contribution in [0.1, 0.15) is 19.3 Å². The van der Waals surface area contributed by atoms with Gasteiger partial charge in [-0.2, -0.15) is 0 Å². The number of hydrogen-bond acceptors (Lipinski definition) is 4. The highest BCUT2D eigenvalue weighted by Crippen LogP contribution is 2.35. The van der Waals surface area contributed by atoms with Gasteiger partial charge in [0.05, 0.1) is 17.6 Å². The Morgan fingerprint density at radius 2 is 1.96 bits per heavy atom. The Kier molecular flexibility index (Phi) is 4.61. The Hall–Kier alpha value is -2.80. The van der Waals surface area contributed by atoms with Crippen molar-refractivity contribution in [2.45, 2.75) is 24.8 Å². The zero-order valence-corrected chi connectivity index (χ0v) is 15.3. The quantitative estimate of drug-likeness (QED) is 0.898. The van der Waals surface area contributed by atoms with Crippen LogP contribution in [0.3, 0.4) is 0 Å². The summed E-state index contributed by atoms with van der Waals surface area (Å²) in [6.07, 6.45) is 6.00. The van der Waals surface area contributed by atoms with E-state index >= 15 is 0 Å². The molecule has 0 atom stereocenters. The number of amides is 2. The number of aromatic nitrogens is 1. The van der Waals surface area contributed by atoms with Crippen molar-refractivity contribution in [3.8, 4) is 5.75 Å². The van der Waals surface area contributed by atoms with E-state index in [1.54, 1.807) is 30.1 Å². The number of carbonyl (C=O) groups excluding carboxylic acids is 2. The molecule has 142 valence electrons. The van der Waals surface area contributed by atoms with Gasteiger partial charge in [-0.25, -0.2) is 0 Å². The van der Waals surface area contributed by atoms with E-state index in [1.807, 2.05) is 24.5 Å². The average molecular weight is 369 g/mol. The van der Waals surface area contributed by atoms with Crippen LogP contribution in [-0.2, 0) is 19.9 Å². The number of anilines is 2. The number of nitrogens with zero attached hydrogens (tertiary/aromatic N) is 2. The first-order chi connectivity index (χ1) is 13.1. The predicted molar refractivity (Wildman–Crippen MR) is 101 cm³/mol. The van der Waals surface area contributed by atoms with Gasteiger partial charge in [-0.05, 0) is 37.1 Å². The van der Waals surface area contributed by atoms with Crippen molar-refractivity contribution >= 4 is 23.2 Å². The first-order valence-corrected chi connectivity index (χ1v) is 9.12. The molecule has 0 saturated carbocycles. The molecule has 27 heavy (non-hydrogen) atoms. The number of fused-ring (bicyclic) bond motifs is 1. The fraction of sp³-hybridized carbons (Fsp3) is 0.400. The molecule has 7 heteroatoms. The highest BCUT2D eigenvalue weighted by atomic mass is 16.5. The van der Waals surface area contributed by atoms with Crippen LogP contribution >= 0.6 is 0 Å². The van der Waals surface area contributed by atoms with Crippen LogP contribution in [-0.4, -0.2) is 43.2 Å². The van der Waals surface area contributed by atoms with E-state index in [4.69, 9.17) is 9.47 Å². The highest BCUT2D eigenvalue weighted by molar-refractivity contribution is 5.98. The third-order valence-corrected chi connectivity index (χ3v) is 5.40. The predicted octanol–water partition coefficient (Wildman–Crippen LogP) is 2.38. The topological polar surface area (TPSA) is 72.8 Å². The molecular weight excluding hydrogens is 346 g/mol. The van der Waals surface area contributed by atoms with E-state index in [1.165, 1.54) is 0 Å². The smallest absolute Gasteiger partial charge is 0.264 e. The standard InChI is InChI=1S/C20H23N3O4/c1-22-16-5-4-15(12-17(16)27-14-19(22)25)21-18(24)13-20(6-10-26-11-7-20)23-8-2-3-9-23/h2-5,8-9,12H,6-7,10-11,13-14H2,1H3,(H,21,24).